The molecular formula is C15H22N4. The molecule has 102 valence electrons. The number of fused-ring (bicyclic) bond motifs is 1. The second kappa shape index (κ2) is 4.94. The summed E-state index contributed by atoms with van der Waals surface area (Å²) in [6.07, 6.45) is 3.16. The van der Waals surface area contributed by atoms with Gasteiger partial charge in [0.1, 0.15) is 5.82 Å². The quantitative estimate of drug-likeness (QED) is 0.916. The lowest BCUT2D eigenvalue weighted by Crippen LogP contribution is -2.28. The van der Waals surface area contributed by atoms with Gasteiger partial charge in [-0.15, -0.1) is 0 Å². The Kier molecular flexibility index (Phi) is 3.29. The summed E-state index contributed by atoms with van der Waals surface area (Å²) in [4.78, 5) is 7.19. The predicted molar refractivity (Wildman–Crippen MR) is 77.2 cm³/mol. The molecule has 1 unspecified atom stereocenters. The second-order valence-corrected chi connectivity index (χ2v) is 5.67. The number of aromatic nitrogens is 2. The molecule has 1 aliphatic heterocycles. The zero-order valence-electron chi connectivity index (χ0n) is 11.7. The molecule has 0 radical (unpaired) electrons. The number of pyridine rings is 1. The van der Waals surface area contributed by atoms with E-state index in [0.717, 1.165) is 17.8 Å². The average Bonchev–Trinajstić information content (AvgIpc) is 3.04. The van der Waals surface area contributed by atoms with Crippen LogP contribution in [-0.4, -0.2) is 33.4 Å². The molecule has 3 heterocycles. The Hall–Kier alpha value is -1.39. The molecule has 2 aromatic rings. The van der Waals surface area contributed by atoms with Crippen LogP contribution < -0.4 is 5.73 Å². The molecule has 0 aliphatic carbocycles. The smallest absolute Gasteiger partial charge is 0.117 e. The van der Waals surface area contributed by atoms with Crippen LogP contribution in [0, 0.1) is 0 Å². The van der Waals surface area contributed by atoms with Crippen molar-refractivity contribution >= 4 is 5.52 Å². The second-order valence-electron chi connectivity index (χ2n) is 5.67. The third kappa shape index (κ3) is 2.15. The minimum Gasteiger partial charge on any atom is -0.325 e. The van der Waals surface area contributed by atoms with Crippen LogP contribution in [0.1, 0.15) is 37.7 Å². The van der Waals surface area contributed by atoms with E-state index in [0.29, 0.717) is 18.5 Å². The van der Waals surface area contributed by atoms with Gasteiger partial charge in [0.15, 0.2) is 0 Å². The highest BCUT2D eigenvalue weighted by atomic mass is 15.2. The molecule has 2 aromatic heterocycles. The summed E-state index contributed by atoms with van der Waals surface area (Å²) in [5.41, 5.74) is 8.16. The van der Waals surface area contributed by atoms with Gasteiger partial charge in [-0.1, -0.05) is 6.07 Å². The maximum Gasteiger partial charge on any atom is 0.117 e. The molecule has 19 heavy (non-hydrogen) atoms. The number of likely N-dealkylation sites (tertiary alicyclic amines) is 1. The van der Waals surface area contributed by atoms with E-state index in [1.807, 2.05) is 6.20 Å². The van der Waals surface area contributed by atoms with Crippen molar-refractivity contribution in [1.29, 1.82) is 0 Å². The van der Waals surface area contributed by atoms with Gasteiger partial charge in [0.05, 0.1) is 11.7 Å². The fourth-order valence-electron chi connectivity index (χ4n) is 3.06. The Labute approximate surface area is 114 Å². The molecule has 1 aliphatic rings. The number of imidazole rings is 1. The van der Waals surface area contributed by atoms with E-state index in [4.69, 9.17) is 5.73 Å². The SMILES string of the molecule is CC(C)N1CCC(c2ncc3cccc(CN)n23)C1. The van der Waals surface area contributed by atoms with E-state index in [1.54, 1.807) is 0 Å². The zero-order valence-corrected chi connectivity index (χ0v) is 11.7. The van der Waals surface area contributed by atoms with Crippen molar-refractivity contribution in [1.82, 2.24) is 14.3 Å². The zero-order chi connectivity index (χ0) is 13.4. The van der Waals surface area contributed by atoms with Gasteiger partial charge in [-0.3, -0.25) is 4.40 Å². The Morgan fingerprint density at radius 3 is 2.95 bits per heavy atom. The molecule has 0 amide bonds. The number of rotatable bonds is 3. The third-order valence-electron chi connectivity index (χ3n) is 4.18. The standard InChI is InChI=1S/C15H22N4/c1-11(2)18-7-6-12(10-18)15-17-9-14-5-3-4-13(8-16)19(14)15/h3-5,9,11-12H,6-8,10,16H2,1-2H3. The van der Waals surface area contributed by atoms with Crippen LogP contribution in [-0.2, 0) is 6.54 Å². The molecule has 0 bridgehead atoms. The van der Waals surface area contributed by atoms with Crippen molar-refractivity contribution in [3.05, 3.63) is 35.9 Å². The number of hydrogen-bond donors (Lipinski definition) is 1. The fraction of sp³-hybridized carbons (Fsp3) is 0.533. The van der Waals surface area contributed by atoms with Gasteiger partial charge in [0, 0.05) is 30.7 Å². The molecule has 3 rings (SSSR count). The Bertz CT molecular complexity index is 573. The van der Waals surface area contributed by atoms with Gasteiger partial charge in [0.2, 0.25) is 0 Å². The van der Waals surface area contributed by atoms with E-state index >= 15 is 0 Å². The summed E-state index contributed by atoms with van der Waals surface area (Å²) in [7, 11) is 0. The third-order valence-corrected chi connectivity index (χ3v) is 4.18. The summed E-state index contributed by atoms with van der Waals surface area (Å²) in [6.45, 7) is 7.35. The average molecular weight is 258 g/mol. The lowest BCUT2D eigenvalue weighted by molar-refractivity contribution is 0.271. The van der Waals surface area contributed by atoms with Crippen molar-refractivity contribution < 1.29 is 0 Å². The molecular weight excluding hydrogens is 236 g/mol. The molecule has 0 spiro atoms. The highest BCUT2D eigenvalue weighted by Gasteiger charge is 2.28. The molecule has 1 fully saturated rings. The van der Waals surface area contributed by atoms with Gasteiger partial charge in [-0.05, 0) is 38.9 Å². The highest BCUT2D eigenvalue weighted by Crippen LogP contribution is 2.28. The molecule has 1 saturated heterocycles. The lowest BCUT2D eigenvalue weighted by atomic mass is 10.1. The summed E-state index contributed by atoms with van der Waals surface area (Å²) >= 11 is 0. The van der Waals surface area contributed by atoms with Crippen molar-refractivity contribution in [2.45, 2.75) is 38.8 Å². The van der Waals surface area contributed by atoms with Crippen molar-refractivity contribution in [3.63, 3.8) is 0 Å². The van der Waals surface area contributed by atoms with Gasteiger partial charge in [-0.25, -0.2) is 4.98 Å². The number of nitrogens with zero attached hydrogens (tertiary/aromatic N) is 3. The van der Waals surface area contributed by atoms with Gasteiger partial charge < -0.3 is 10.6 Å². The largest absolute Gasteiger partial charge is 0.325 e. The monoisotopic (exact) mass is 258 g/mol. The Balaban J connectivity index is 1.98. The summed E-state index contributed by atoms with van der Waals surface area (Å²) < 4.78 is 2.24. The van der Waals surface area contributed by atoms with Crippen molar-refractivity contribution in [2.75, 3.05) is 13.1 Å². The van der Waals surface area contributed by atoms with Crippen LogP contribution in [0.25, 0.3) is 5.52 Å². The fourth-order valence-corrected chi connectivity index (χ4v) is 3.06. The summed E-state index contributed by atoms with van der Waals surface area (Å²) in [5, 5.41) is 0. The van der Waals surface area contributed by atoms with E-state index in [1.165, 1.54) is 18.8 Å². The first-order chi connectivity index (χ1) is 9.20. The molecule has 0 saturated carbocycles. The Morgan fingerprint density at radius 2 is 2.26 bits per heavy atom. The van der Waals surface area contributed by atoms with E-state index in [-0.39, 0.29) is 0 Å². The molecule has 0 aromatic carbocycles. The van der Waals surface area contributed by atoms with Gasteiger partial charge in [0.25, 0.3) is 0 Å². The first-order valence-corrected chi connectivity index (χ1v) is 7.10. The maximum atomic E-state index is 5.86. The number of nitrogens with two attached hydrogens (primary N) is 1. The van der Waals surface area contributed by atoms with E-state index < -0.39 is 0 Å². The van der Waals surface area contributed by atoms with Gasteiger partial charge in [-0.2, -0.15) is 0 Å². The topological polar surface area (TPSA) is 46.6 Å². The molecule has 4 heteroatoms. The predicted octanol–water partition coefficient (Wildman–Crippen LogP) is 1.99. The van der Waals surface area contributed by atoms with Crippen LogP contribution in [0.2, 0.25) is 0 Å². The van der Waals surface area contributed by atoms with Crippen molar-refractivity contribution in [3.8, 4) is 0 Å². The first kappa shape index (κ1) is 12.6. The summed E-state index contributed by atoms with van der Waals surface area (Å²) in [5.74, 6) is 1.71. The van der Waals surface area contributed by atoms with Crippen LogP contribution in [0.15, 0.2) is 24.4 Å². The molecule has 4 nitrogen and oxygen atoms in total. The maximum absolute atomic E-state index is 5.86. The Morgan fingerprint density at radius 1 is 1.42 bits per heavy atom. The minimum atomic E-state index is 0.526. The number of hydrogen-bond acceptors (Lipinski definition) is 3. The minimum absolute atomic E-state index is 0.526. The van der Waals surface area contributed by atoms with E-state index in [2.05, 4.69) is 46.3 Å². The van der Waals surface area contributed by atoms with Crippen LogP contribution in [0.3, 0.4) is 0 Å². The lowest BCUT2D eigenvalue weighted by Gasteiger charge is -2.20. The summed E-state index contributed by atoms with van der Waals surface area (Å²) in [6, 6.07) is 6.86. The highest BCUT2D eigenvalue weighted by molar-refractivity contribution is 5.48. The first-order valence-electron chi connectivity index (χ1n) is 7.10. The van der Waals surface area contributed by atoms with Crippen LogP contribution >= 0.6 is 0 Å². The van der Waals surface area contributed by atoms with Crippen LogP contribution in [0.4, 0.5) is 0 Å². The normalized spacial score (nSPS) is 20.7. The molecule has 1 atom stereocenters. The van der Waals surface area contributed by atoms with E-state index in [9.17, 15) is 0 Å². The van der Waals surface area contributed by atoms with Crippen molar-refractivity contribution in [2.24, 2.45) is 5.73 Å². The van der Waals surface area contributed by atoms with Gasteiger partial charge >= 0.3 is 0 Å². The van der Waals surface area contributed by atoms with Crippen LogP contribution in [0.5, 0.6) is 0 Å². The molecule has 2 N–H and O–H groups in total.